The summed E-state index contributed by atoms with van der Waals surface area (Å²) in [7, 11) is 3.22. The lowest BCUT2D eigenvalue weighted by atomic mass is 9.93. The number of nitrogens with zero attached hydrogens (tertiary/aromatic N) is 1. The van der Waals surface area contributed by atoms with Gasteiger partial charge >= 0.3 is 0 Å². The van der Waals surface area contributed by atoms with E-state index in [4.69, 9.17) is 13.9 Å². The molecule has 0 bridgehead atoms. The predicted octanol–water partition coefficient (Wildman–Crippen LogP) is 4.73. The average Bonchev–Trinajstić information content (AvgIpc) is 3.20. The fourth-order valence-corrected chi connectivity index (χ4v) is 4.08. The van der Waals surface area contributed by atoms with E-state index >= 15 is 0 Å². The molecule has 1 aromatic heterocycles. The Kier molecular flexibility index (Phi) is 6.98. The number of hydrazone groups is 1. The number of rotatable bonds is 8. The zero-order chi connectivity index (χ0) is 23.2. The maximum absolute atomic E-state index is 12.9. The van der Waals surface area contributed by atoms with Crippen LogP contribution in [0.15, 0.2) is 58.0 Å². The third-order valence-corrected chi connectivity index (χ3v) is 5.77. The van der Waals surface area contributed by atoms with Crippen LogP contribution in [0.3, 0.4) is 0 Å². The predicted molar refractivity (Wildman–Crippen MR) is 129 cm³/mol. The van der Waals surface area contributed by atoms with Crippen molar-refractivity contribution in [3.8, 4) is 11.5 Å². The van der Waals surface area contributed by atoms with Gasteiger partial charge in [0.15, 0.2) is 17.3 Å². The van der Waals surface area contributed by atoms with Gasteiger partial charge in [-0.1, -0.05) is 24.3 Å². The van der Waals surface area contributed by atoms with Gasteiger partial charge in [0.05, 0.1) is 25.6 Å². The number of aryl methyl sites for hydroxylation is 1. The van der Waals surface area contributed by atoms with Gasteiger partial charge in [-0.2, -0.15) is 5.10 Å². The summed E-state index contributed by atoms with van der Waals surface area (Å²) >= 11 is 0. The van der Waals surface area contributed by atoms with Crippen LogP contribution in [0.1, 0.15) is 45.8 Å². The maximum atomic E-state index is 12.9. The zero-order valence-corrected chi connectivity index (χ0v) is 19.2. The summed E-state index contributed by atoms with van der Waals surface area (Å²) in [6.07, 6.45) is 3.25. The summed E-state index contributed by atoms with van der Waals surface area (Å²) in [6.45, 7) is 2.41. The van der Waals surface area contributed by atoms with E-state index in [0.717, 1.165) is 53.1 Å². The van der Waals surface area contributed by atoms with Crippen molar-refractivity contribution in [3.05, 3.63) is 76.7 Å². The molecule has 0 saturated carbocycles. The van der Waals surface area contributed by atoms with Gasteiger partial charge in [0.2, 0.25) is 0 Å². The van der Waals surface area contributed by atoms with E-state index in [-0.39, 0.29) is 5.91 Å². The topological polar surface area (TPSA) is 85.1 Å². The van der Waals surface area contributed by atoms with E-state index in [1.54, 1.807) is 14.2 Å². The molecule has 0 unspecified atom stereocenters. The summed E-state index contributed by atoms with van der Waals surface area (Å²) in [5.41, 5.74) is 7.80. The van der Waals surface area contributed by atoms with E-state index in [0.29, 0.717) is 30.2 Å². The van der Waals surface area contributed by atoms with Crippen LogP contribution in [-0.2, 0) is 12.8 Å². The Hall–Kier alpha value is -3.74. The van der Waals surface area contributed by atoms with Crippen LogP contribution in [0.25, 0.3) is 0 Å². The lowest BCUT2D eigenvalue weighted by Crippen LogP contribution is -2.26. The highest BCUT2D eigenvalue weighted by Crippen LogP contribution is 2.30. The van der Waals surface area contributed by atoms with Crippen LogP contribution in [-0.4, -0.2) is 32.4 Å². The number of anilines is 1. The van der Waals surface area contributed by atoms with Crippen LogP contribution in [0.4, 0.5) is 5.69 Å². The smallest absolute Gasteiger partial charge is 0.287 e. The monoisotopic (exact) mass is 447 g/mol. The molecule has 1 heterocycles. The number of methoxy groups -OCH3 is 2. The van der Waals surface area contributed by atoms with Crippen molar-refractivity contribution in [1.82, 2.24) is 5.32 Å². The van der Waals surface area contributed by atoms with E-state index < -0.39 is 0 Å². The molecule has 0 aliphatic heterocycles. The molecular formula is C26H29N3O4. The van der Waals surface area contributed by atoms with Crippen LogP contribution in [0.2, 0.25) is 0 Å². The second-order valence-corrected chi connectivity index (χ2v) is 7.94. The molecule has 7 heteroatoms. The number of hydrogen-bond acceptors (Lipinski definition) is 6. The average molecular weight is 448 g/mol. The molecule has 2 N–H and O–H groups in total. The third-order valence-electron chi connectivity index (χ3n) is 5.77. The van der Waals surface area contributed by atoms with E-state index in [9.17, 15) is 4.79 Å². The Labute approximate surface area is 193 Å². The molecule has 0 fully saturated rings. The lowest BCUT2D eigenvalue weighted by molar-refractivity contribution is 0.0923. The Morgan fingerprint density at radius 3 is 2.61 bits per heavy atom. The van der Waals surface area contributed by atoms with Crippen LogP contribution < -0.4 is 20.2 Å². The molecule has 172 valence electrons. The molecule has 0 spiro atoms. The van der Waals surface area contributed by atoms with Crippen molar-refractivity contribution in [1.29, 1.82) is 0 Å². The molecule has 4 rings (SSSR count). The number of amides is 1. The molecule has 7 nitrogen and oxygen atoms in total. The molecule has 0 saturated heterocycles. The molecule has 33 heavy (non-hydrogen) atoms. The number of furan rings is 1. The molecule has 1 amide bonds. The second kappa shape index (κ2) is 10.3. The molecule has 3 aromatic rings. The van der Waals surface area contributed by atoms with Crippen LogP contribution in [0, 0.1) is 6.92 Å². The molecule has 0 atom stereocenters. The number of carbonyl (C=O) groups is 1. The molecule has 1 aliphatic rings. The number of nitrogens with one attached hydrogen (secondary N) is 2. The number of hydrogen-bond donors (Lipinski definition) is 2. The van der Waals surface area contributed by atoms with Crippen molar-refractivity contribution >= 4 is 17.3 Å². The zero-order valence-electron chi connectivity index (χ0n) is 19.2. The Bertz CT molecular complexity index is 1150. The van der Waals surface area contributed by atoms with Crippen molar-refractivity contribution in [2.45, 2.75) is 32.6 Å². The molecule has 0 radical (unpaired) electrons. The summed E-state index contributed by atoms with van der Waals surface area (Å²) in [5, 5.41) is 7.59. The van der Waals surface area contributed by atoms with Crippen molar-refractivity contribution in [2.75, 3.05) is 26.2 Å². The first kappa shape index (κ1) is 22.5. The van der Waals surface area contributed by atoms with Crippen molar-refractivity contribution < 1.29 is 18.7 Å². The molecular weight excluding hydrogens is 418 g/mol. The van der Waals surface area contributed by atoms with Gasteiger partial charge in [-0.15, -0.1) is 0 Å². The molecule has 2 aromatic carbocycles. The summed E-state index contributed by atoms with van der Waals surface area (Å²) in [5.74, 6) is 2.34. The van der Waals surface area contributed by atoms with Gasteiger partial charge in [0, 0.05) is 24.1 Å². The summed E-state index contributed by atoms with van der Waals surface area (Å²) in [4.78, 5) is 12.9. The number of para-hydroxylation sites is 1. The fraction of sp³-hybridized carbons (Fsp3) is 0.308. The maximum Gasteiger partial charge on any atom is 0.287 e. The van der Waals surface area contributed by atoms with Crippen molar-refractivity contribution in [2.24, 2.45) is 5.10 Å². The third kappa shape index (κ3) is 5.03. The highest BCUT2D eigenvalue weighted by atomic mass is 16.5. The number of fused-ring (bicyclic) bond motifs is 1. The number of carbonyl (C=O) groups excluding carboxylic acids is 1. The normalized spacial score (nSPS) is 14.0. The lowest BCUT2D eigenvalue weighted by Gasteiger charge is -2.13. The fourth-order valence-electron chi connectivity index (χ4n) is 4.08. The highest BCUT2D eigenvalue weighted by Gasteiger charge is 2.27. The van der Waals surface area contributed by atoms with E-state index in [2.05, 4.69) is 15.8 Å². The Morgan fingerprint density at radius 2 is 1.85 bits per heavy atom. The first-order valence-electron chi connectivity index (χ1n) is 11.1. The summed E-state index contributed by atoms with van der Waals surface area (Å²) in [6, 6.07) is 15.6. The quantitative estimate of drug-likeness (QED) is 0.488. The van der Waals surface area contributed by atoms with E-state index in [1.165, 1.54) is 0 Å². The van der Waals surface area contributed by atoms with Gasteiger partial charge in [-0.05, 0) is 56.0 Å². The second-order valence-electron chi connectivity index (χ2n) is 7.94. The minimum atomic E-state index is -0.210. The van der Waals surface area contributed by atoms with Gasteiger partial charge in [-0.25, -0.2) is 0 Å². The number of benzene rings is 2. The van der Waals surface area contributed by atoms with Gasteiger partial charge in [-0.3, -0.25) is 10.2 Å². The van der Waals surface area contributed by atoms with Crippen LogP contribution >= 0.6 is 0 Å². The van der Waals surface area contributed by atoms with Gasteiger partial charge in [0.25, 0.3) is 5.91 Å². The molecule has 1 aliphatic carbocycles. The minimum absolute atomic E-state index is 0.210. The van der Waals surface area contributed by atoms with E-state index in [1.807, 2.05) is 55.5 Å². The SMILES string of the molecule is COc1ccc(CCNC(=O)c2oc3c(c2C)/C(=N/Nc2ccccc2)CCC3)cc1OC. The van der Waals surface area contributed by atoms with Gasteiger partial charge in [0.1, 0.15) is 5.76 Å². The standard InChI is InChI=1S/C26H29N3O4/c1-17-24-20(29-28-19-8-5-4-6-9-19)10-7-11-22(24)33-25(17)26(30)27-15-14-18-12-13-21(31-2)23(16-18)32-3/h4-6,8-9,12-13,16,28H,7,10-11,14-15H2,1-3H3,(H,27,30)/b29-20+. The van der Waals surface area contributed by atoms with Crippen LogP contribution in [0.5, 0.6) is 11.5 Å². The largest absolute Gasteiger partial charge is 0.493 e. The summed E-state index contributed by atoms with van der Waals surface area (Å²) < 4.78 is 16.6. The Balaban J connectivity index is 1.43. The minimum Gasteiger partial charge on any atom is -0.493 e. The first-order valence-corrected chi connectivity index (χ1v) is 11.1. The highest BCUT2D eigenvalue weighted by molar-refractivity contribution is 6.06. The first-order chi connectivity index (χ1) is 16.1. The number of ether oxygens (including phenoxy) is 2. The van der Waals surface area contributed by atoms with Crippen molar-refractivity contribution in [3.63, 3.8) is 0 Å². The Morgan fingerprint density at radius 1 is 1.06 bits per heavy atom. The van der Waals surface area contributed by atoms with Gasteiger partial charge < -0.3 is 19.2 Å².